The van der Waals surface area contributed by atoms with Gasteiger partial charge < -0.3 is 4.90 Å². The third-order valence-electron chi connectivity index (χ3n) is 12.5. The van der Waals surface area contributed by atoms with E-state index in [9.17, 15) is 0 Å². The van der Waals surface area contributed by atoms with E-state index in [-0.39, 0.29) is 10.8 Å². The Bertz CT molecular complexity index is 1960. The summed E-state index contributed by atoms with van der Waals surface area (Å²) in [6.45, 7) is 14.7. The Balaban J connectivity index is 1.34. The fourth-order valence-electron chi connectivity index (χ4n) is 10.0. The first-order chi connectivity index (χ1) is 23.2. The molecule has 5 aromatic rings. The summed E-state index contributed by atoms with van der Waals surface area (Å²) in [4.78, 5) is 2.50. The molecule has 1 heteroatoms. The van der Waals surface area contributed by atoms with Gasteiger partial charge in [-0.1, -0.05) is 127 Å². The van der Waals surface area contributed by atoms with Crippen molar-refractivity contribution in [1.29, 1.82) is 0 Å². The lowest BCUT2D eigenvalue weighted by molar-refractivity contribution is 0.266. The van der Waals surface area contributed by atoms with E-state index in [0.29, 0.717) is 17.8 Å². The van der Waals surface area contributed by atoms with E-state index < -0.39 is 0 Å². The Morgan fingerprint density at radius 2 is 1.06 bits per heavy atom. The minimum absolute atomic E-state index is 0.0528. The molecule has 1 nitrogen and oxygen atoms in total. The molecule has 5 aromatic carbocycles. The van der Waals surface area contributed by atoms with Crippen LogP contribution in [0.5, 0.6) is 0 Å². The zero-order valence-electron chi connectivity index (χ0n) is 29.8. The Morgan fingerprint density at radius 3 is 1.77 bits per heavy atom. The van der Waals surface area contributed by atoms with Crippen molar-refractivity contribution >= 4 is 17.1 Å². The summed E-state index contributed by atoms with van der Waals surface area (Å²) < 4.78 is 0. The first-order valence-electron chi connectivity index (χ1n) is 18.5. The molecule has 0 aromatic heterocycles. The Hall–Kier alpha value is -4.10. The molecule has 1 fully saturated rings. The lowest BCUT2D eigenvalue weighted by Gasteiger charge is -2.42. The Kier molecular flexibility index (Phi) is 7.66. The number of hydrogen-bond donors (Lipinski definition) is 0. The van der Waals surface area contributed by atoms with Crippen LogP contribution in [0.25, 0.3) is 11.1 Å². The molecule has 0 heterocycles. The van der Waals surface area contributed by atoms with Crippen LogP contribution in [0.2, 0.25) is 0 Å². The molecular weight excluding hydrogens is 579 g/mol. The molecule has 2 bridgehead atoms. The summed E-state index contributed by atoms with van der Waals surface area (Å²) in [5.41, 5.74) is 15.2. The summed E-state index contributed by atoms with van der Waals surface area (Å²) in [5, 5.41) is 0. The van der Waals surface area contributed by atoms with Crippen LogP contribution < -0.4 is 4.90 Å². The van der Waals surface area contributed by atoms with Crippen LogP contribution in [0.3, 0.4) is 0 Å². The van der Waals surface area contributed by atoms with Crippen molar-refractivity contribution in [2.45, 2.75) is 96.3 Å². The maximum atomic E-state index is 2.57. The zero-order valence-corrected chi connectivity index (χ0v) is 29.8. The number of para-hydroxylation sites is 1. The van der Waals surface area contributed by atoms with Crippen LogP contribution in [0.4, 0.5) is 17.1 Å². The van der Waals surface area contributed by atoms with Crippen molar-refractivity contribution in [3.05, 3.63) is 149 Å². The van der Waals surface area contributed by atoms with Gasteiger partial charge in [-0.15, -0.1) is 0 Å². The SMILES string of the molecule is CC[C@@H]1CC2C[C@H](C)CC(C1)c1ccc(N(c3ccccc3)c3ccc4c(c3)C(C)(C)c3ccccc3-4)cc1C(C)(C)c1ccccc12. The molecule has 2 unspecified atom stereocenters. The second-order valence-corrected chi connectivity index (χ2v) is 16.3. The molecular formula is C47H51N. The fraction of sp³-hybridized carbons (Fsp3) is 0.362. The van der Waals surface area contributed by atoms with Crippen LogP contribution in [0.15, 0.2) is 115 Å². The molecule has 0 aliphatic heterocycles. The van der Waals surface area contributed by atoms with E-state index in [2.05, 4.69) is 162 Å². The van der Waals surface area contributed by atoms with Crippen LogP contribution in [-0.2, 0) is 10.8 Å². The van der Waals surface area contributed by atoms with Gasteiger partial charge in [-0.05, 0) is 130 Å². The van der Waals surface area contributed by atoms with Crippen molar-refractivity contribution in [1.82, 2.24) is 0 Å². The van der Waals surface area contributed by atoms with Gasteiger partial charge in [0.25, 0.3) is 0 Å². The second-order valence-electron chi connectivity index (χ2n) is 16.3. The molecule has 48 heavy (non-hydrogen) atoms. The monoisotopic (exact) mass is 629 g/mol. The summed E-state index contributed by atoms with van der Waals surface area (Å²) >= 11 is 0. The van der Waals surface area contributed by atoms with E-state index >= 15 is 0 Å². The van der Waals surface area contributed by atoms with Crippen LogP contribution in [-0.4, -0.2) is 0 Å². The maximum absolute atomic E-state index is 2.57. The summed E-state index contributed by atoms with van der Waals surface area (Å²) in [6, 6.07) is 44.1. The van der Waals surface area contributed by atoms with Gasteiger partial charge in [0, 0.05) is 27.9 Å². The number of hydrogen-bond acceptors (Lipinski definition) is 1. The summed E-state index contributed by atoms with van der Waals surface area (Å²) in [7, 11) is 0. The minimum Gasteiger partial charge on any atom is -0.310 e. The number of anilines is 3. The van der Waals surface area contributed by atoms with Gasteiger partial charge in [0.1, 0.15) is 0 Å². The summed E-state index contributed by atoms with van der Waals surface area (Å²) in [5.74, 6) is 2.68. The van der Waals surface area contributed by atoms with Gasteiger partial charge in [0.05, 0.1) is 0 Å². The first kappa shape index (κ1) is 31.2. The molecule has 0 amide bonds. The van der Waals surface area contributed by atoms with Gasteiger partial charge in [-0.2, -0.15) is 0 Å². The zero-order chi connectivity index (χ0) is 33.2. The number of fused-ring (bicyclic) bond motifs is 7. The van der Waals surface area contributed by atoms with Gasteiger partial charge in [0.15, 0.2) is 0 Å². The highest BCUT2D eigenvalue weighted by molar-refractivity contribution is 5.85. The van der Waals surface area contributed by atoms with E-state index in [1.165, 1.54) is 82.5 Å². The topological polar surface area (TPSA) is 3.24 Å². The Morgan fingerprint density at radius 1 is 0.521 bits per heavy atom. The highest BCUT2D eigenvalue weighted by Crippen LogP contribution is 2.53. The predicted molar refractivity (Wildman–Crippen MR) is 204 cm³/mol. The average Bonchev–Trinajstić information content (AvgIpc) is 3.32. The fourth-order valence-corrected chi connectivity index (χ4v) is 10.0. The first-order valence-corrected chi connectivity index (χ1v) is 18.5. The van der Waals surface area contributed by atoms with E-state index in [1.54, 1.807) is 11.1 Å². The largest absolute Gasteiger partial charge is 0.310 e. The minimum atomic E-state index is -0.123. The number of rotatable bonds is 4. The van der Waals surface area contributed by atoms with Gasteiger partial charge in [-0.3, -0.25) is 0 Å². The lowest BCUT2D eigenvalue weighted by atomic mass is 9.63. The van der Waals surface area contributed by atoms with Crippen molar-refractivity contribution in [3.8, 4) is 11.1 Å². The average molecular weight is 630 g/mol. The molecule has 4 aliphatic carbocycles. The smallest absolute Gasteiger partial charge is 0.0465 e. The quantitative estimate of drug-likeness (QED) is 0.191. The van der Waals surface area contributed by atoms with Gasteiger partial charge in [0.2, 0.25) is 0 Å². The van der Waals surface area contributed by atoms with Crippen molar-refractivity contribution < 1.29 is 0 Å². The Labute approximate surface area is 289 Å². The maximum Gasteiger partial charge on any atom is 0.0465 e. The highest BCUT2D eigenvalue weighted by Gasteiger charge is 2.39. The molecule has 9 rings (SSSR count). The van der Waals surface area contributed by atoms with Crippen LogP contribution in [0.1, 0.15) is 119 Å². The number of benzene rings is 5. The third-order valence-corrected chi connectivity index (χ3v) is 12.5. The molecule has 0 spiro atoms. The molecule has 0 N–H and O–H groups in total. The number of nitrogens with zero attached hydrogens (tertiary/aromatic N) is 1. The normalized spacial score (nSPS) is 23.3. The van der Waals surface area contributed by atoms with E-state index in [0.717, 1.165) is 5.92 Å². The molecule has 0 radical (unpaired) electrons. The highest BCUT2D eigenvalue weighted by atomic mass is 15.1. The molecule has 1 saturated carbocycles. The molecule has 4 aliphatic rings. The predicted octanol–water partition coefficient (Wildman–Crippen LogP) is 13.2. The molecule has 0 saturated heterocycles. The second kappa shape index (κ2) is 11.8. The summed E-state index contributed by atoms with van der Waals surface area (Å²) in [6.07, 6.45) is 6.46. The standard InChI is InChI=1S/C47H51N/c1-7-32-27-33-25-31(2)26-34(28-32)39-23-21-36(29-44(39)46(3,4)42-19-13-11-17-38(33)42)48(35-15-9-8-10-16-35)37-22-24-41-40-18-12-14-20-43(40)47(5,6)45(41)30-37/h8-24,29-34H,7,25-28H2,1-6H3/t31-,32+,33?,34?/m0/s1. The van der Waals surface area contributed by atoms with E-state index in [4.69, 9.17) is 0 Å². The van der Waals surface area contributed by atoms with Crippen molar-refractivity contribution in [3.63, 3.8) is 0 Å². The van der Waals surface area contributed by atoms with Crippen molar-refractivity contribution in [2.75, 3.05) is 4.90 Å². The third kappa shape index (κ3) is 5.04. The van der Waals surface area contributed by atoms with E-state index in [1.807, 2.05) is 0 Å². The molecule has 244 valence electrons. The van der Waals surface area contributed by atoms with Crippen molar-refractivity contribution in [2.24, 2.45) is 11.8 Å². The molecule has 4 atom stereocenters. The van der Waals surface area contributed by atoms with Crippen LogP contribution in [0, 0.1) is 11.8 Å². The lowest BCUT2D eigenvalue weighted by Crippen LogP contribution is -2.30. The van der Waals surface area contributed by atoms with Crippen LogP contribution >= 0.6 is 0 Å². The van der Waals surface area contributed by atoms with Gasteiger partial charge in [-0.25, -0.2) is 0 Å². The van der Waals surface area contributed by atoms with Gasteiger partial charge >= 0.3 is 0 Å².